The third kappa shape index (κ3) is 2.26. The highest BCUT2D eigenvalue weighted by molar-refractivity contribution is 5.50. The van der Waals surface area contributed by atoms with E-state index in [1.165, 1.54) is 24.0 Å². The molecule has 0 fully saturated rings. The fourth-order valence-corrected chi connectivity index (χ4v) is 2.92. The van der Waals surface area contributed by atoms with Gasteiger partial charge in [0.2, 0.25) is 0 Å². The zero-order valence-electron chi connectivity index (χ0n) is 12.2. The van der Waals surface area contributed by atoms with Crippen LogP contribution in [0.2, 0.25) is 0 Å². The fourth-order valence-electron chi connectivity index (χ4n) is 2.92. The summed E-state index contributed by atoms with van der Waals surface area (Å²) in [4.78, 5) is 0. The van der Waals surface area contributed by atoms with Crippen LogP contribution in [0.1, 0.15) is 51.7 Å². The number of rotatable bonds is 3. The number of ether oxygens (including phenoxy) is 2. The Balaban J connectivity index is 2.53. The molecule has 2 heteroatoms. The minimum Gasteiger partial charge on any atom is -0.467 e. The highest BCUT2D eigenvalue weighted by Crippen LogP contribution is 2.49. The second kappa shape index (κ2) is 4.58. The molecule has 0 aliphatic heterocycles. The van der Waals surface area contributed by atoms with Gasteiger partial charge in [0.05, 0.1) is 0 Å². The van der Waals surface area contributed by atoms with Crippen LogP contribution in [0.15, 0.2) is 18.2 Å². The number of benzene rings is 1. The number of methoxy groups -OCH3 is 1. The summed E-state index contributed by atoms with van der Waals surface area (Å²) in [5.41, 5.74) is 3.19. The molecule has 2 rings (SSSR count). The van der Waals surface area contributed by atoms with Crippen molar-refractivity contribution in [2.75, 3.05) is 13.9 Å². The Kier molecular flexibility index (Phi) is 3.41. The highest BCUT2D eigenvalue weighted by atomic mass is 16.7. The van der Waals surface area contributed by atoms with Gasteiger partial charge in [-0.1, -0.05) is 39.8 Å². The summed E-state index contributed by atoms with van der Waals surface area (Å²) >= 11 is 0. The molecule has 1 aromatic rings. The fraction of sp³-hybridized carbons (Fsp3) is 0.625. The number of hydrogen-bond acceptors (Lipinski definition) is 2. The topological polar surface area (TPSA) is 18.5 Å². The van der Waals surface area contributed by atoms with E-state index in [4.69, 9.17) is 9.47 Å². The molecule has 100 valence electrons. The van der Waals surface area contributed by atoms with Crippen LogP contribution in [0.3, 0.4) is 0 Å². The van der Waals surface area contributed by atoms with Crippen LogP contribution in [0.25, 0.3) is 0 Å². The molecule has 1 aromatic carbocycles. The van der Waals surface area contributed by atoms with Crippen LogP contribution in [0.4, 0.5) is 0 Å². The summed E-state index contributed by atoms with van der Waals surface area (Å²) in [7, 11) is 1.66. The quantitative estimate of drug-likeness (QED) is 0.752. The molecule has 0 N–H and O–H groups in total. The lowest BCUT2D eigenvalue weighted by molar-refractivity contribution is 0.0490. The van der Waals surface area contributed by atoms with Crippen molar-refractivity contribution in [2.24, 2.45) is 0 Å². The van der Waals surface area contributed by atoms with E-state index in [9.17, 15) is 0 Å². The van der Waals surface area contributed by atoms with Crippen LogP contribution in [-0.2, 0) is 15.6 Å². The predicted molar refractivity (Wildman–Crippen MR) is 74.2 cm³/mol. The second-order valence-corrected chi connectivity index (χ2v) is 6.50. The van der Waals surface area contributed by atoms with Crippen molar-refractivity contribution >= 4 is 0 Å². The van der Waals surface area contributed by atoms with Gasteiger partial charge in [-0.15, -0.1) is 0 Å². The van der Waals surface area contributed by atoms with E-state index in [2.05, 4.69) is 45.9 Å². The van der Waals surface area contributed by atoms with Gasteiger partial charge >= 0.3 is 0 Å². The molecule has 18 heavy (non-hydrogen) atoms. The van der Waals surface area contributed by atoms with Crippen LogP contribution in [0, 0.1) is 0 Å². The van der Waals surface area contributed by atoms with Gasteiger partial charge in [-0.3, -0.25) is 0 Å². The summed E-state index contributed by atoms with van der Waals surface area (Å²) in [5, 5.41) is 0. The average Bonchev–Trinajstić information content (AvgIpc) is 2.32. The van der Waals surface area contributed by atoms with E-state index in [-0.39, 0.29) is 10.8 Å². The van der Waals surface area contributed by atoms with Gasteiger partial charge in [-0.2, -0.15) is 0 Å². The lowest BCUT2D eigenvalue weighted by Crippen LogP contribution is -2.34. The maximum absolute atomic E-state index is 5.76. The maximum atomic E-state index is 5.76. The molecule has 0 aromatic heterocycles. The maximum Gasteiger partial charge on any atom is 0.188 e. The summed E-state index contributed by atoms with van der Waals surface area (Å²) in [6.07, 6.45) is 2.42. The Labute approximate surface area is 110 Å². The average molecular weight is 248 g/mol. The van der Waals surface area contributed by atoms with Crippen molar-refractivity contribution in [2.45, 2.75) is 51.4 Å². The Morgan fingerprint density at radius 1 is 1.06 bits per heavy atom. The summed E-state index contributed by atoms with van der Waals surface area (Å²) in [5.74, 6) is 0.979. The molecule has 0 bridgehead atoms. The molecule has 0 radical (unpaired) electrons. The largest absolute Gasteiger partial charge is 0.467 e. The van der Waals surface area contributed by atoms with Crippen molar-refractivity contribution in [1.82, 2.24) is 0 Å². The molecule has 0 amide bonds. The first-order chi connectivity index (χ1) is 8.38. The summed E-state index contributed by atoms with van der Waals surface area (Å²) in [6, 6.07) is 6.39. The van der Waals surface area contributed by atoms with Gasteiger partial charge in [0.25, 0.3) is 0 Å². The Morgan fingerprint density at radius 3 is 2.39 bits per heavy atom. The summed E-state index contributed by atoms with van der Waals surface area (Å²) < 4.78 is 10.8. The minimum atomic E-state index is 0.176. The molecule has 0 unspecified atom stereocenters. The molecule has 0 heterocycles. The standard InChI is InChI=1S/C16H24O2/c1-15(2)9-10-16(3,4)14-12(15)7-6-8-13(14)18-11-17-5/h6-8H,9-11H2,1-5H3. The third-order valence-electron chi connectivity index (χ3n) is 4.14. The van der Waals surface area contributed by atoms with Gasteiger partial charge in [-0.25, -0.2) is 0 Å². The molecule has 0 saturated carbocycles. The van der Waals surface area contributed by atoms with Crippen molar-refractivity contribution in [3.05, 3.63) is 29.3 Å². The molecule has 0 saturated heterocycles. The number of fused-ring (bicyclic) bond motifs is 1. The van der Waals surface area contributed by atoms with E-state index in [1.807, 2.05) is 0 Å². The predicted octanol–water partition coefficient (Wildman–Crippen LogP) is 4.02. The highest BCUT2D eigenvalue weighted by Gasteiger charge is 2.38. The van der Waals surface area contributed by atoms with Crippen molar-refractivity contribution in [3.8, 4) is 5.75 Å². The zero-order valence-corrected chi connectivity index (χ0v) is 12.2. The van der Waals surface area contributed by atoms with E-state index < -0.39 is 0 Å². The molecular formula is C16H24O2. The molecule has 2 nitrogen and oxygen atoms in total. The van der Waals surface area contributed by atoms with Crippen molar-refractivity contribution in [1.29, 1.82) is 0 Å². The first kappa shape index (κ1) is 13.4. The van der Waals surface area contributed by atoms with E-state index in [0.29, 0.717) is 6.79 Å². The Morgan fingerprint density at radius 2 is 1.72 bits per heavy atom. The normalized spacial score (nSPS) is 20.3. The van der Waals surface area contributed by atoms with Crippen molar-refractivity contribution < 1.29 is 9.47 Å². The Hall–Kier alpha value is -1.02. The van der Waals surface area contributed by atoms with Gasteiger partial charge < -0.3 is 9.47 Å². The van der Waals surface area contributed by atoms with E-state index >= 15 is 0 Å². The third-order valence-corrected chi connectivity index (χ3v) is 4.14. The van der Waals surface area contributed by atoms with Crippen LogP contribution in [-0.4, -0.2) is 13.9 Å². The first-order valence-electron chi connectivity index (χ1n) is 6.64. The van der Waals surface area contributed by atoms with Crippen LogP contribution in [0.5, 0.6) is 5.75 Å². The summed E-state index contributed by atoms with van der Waals surface area (Å²) in [6.45, 7) is 9.57. The Bertz CT molecular complexity index is 433. The van der Waals surface area contributed by atoms with Crippen LogP contribution < -0.4 is 4.74 Å². The molecule has 1 aliphatic carbocycles. The molecular weight excluding hydrogens is 224 g/mol. The minimum absolute atomic E-state index is 0.176. The van der Waals surface area contributed by atoms with E-state index in [1.54, 1.807) is 7.11 Å². The van der Waals surface area contributed by atoms with Crippen molar-refractivity contribution in [3.63, 3.8) is 0 Å². The first-order valence-corrected chi connectivity index (χ1v) is 6.64. The van der Waals surface area contributed by atoms with E-state index in [0.717, 1.165) is 5.75 Å². The molecule has 0 spiro atoms. The van der Waals surface area contributed by atoms with Gasteiger partial charge in [0.1, 0.15) is 5.75 Å². The lowest BCUT2D eigenvalue weighted by Gasteiger charge is -2.42. The van der Waals surface area contributed by atoms with Gasteiger partial charge in [-0.05, 0) is 35.3 Å². The number of hydrogen-bond donors (Lipinski definition) is 0. The molecule has 0 atom stereocenters. The molecule has 1 aliphatic rings. The zero-order chi connectivity index (χ0) is 13.4. The second-order valence-electron chi connectivity index (χ2n) is 6.50. The lowest BCUT2D eigenvalue weighted by atomic mass is 9.63. The van der Waals surface area contributed by atoms with Gasteiger partial charge in [0.15, 0.2) is 6.79 Å². The van der Waals surface area contributed by atoms with Gasteiger partial charge in [0, 0.05) is 12.7 Å². The monoisotopic (exact) mass is 248 g/mol. The van der Waals surface area contributed by atoms with Crippen LogP contribution >= 0.6 is 0 Å². The SMILES string of the molecule is COCOc1cccc2c1C(C)(C)CCC2(C)C. The smallest absolute Gasteiger partial charge is 0.188 e.